The number of carbonyl (C=O) groups excluding carboxylic acids is 2. The number of carbonyl (C=O) groups is 2. The molecule has 1 aromatic carbocycles. The number of ketones is 1. The molecule has 9 heteroatoms. The Hall–Kier alpha value is -3.33. The predicted octanol–water partition coefficient (Wildman–Crippen LogP) is 2.35. The van der Waals surface area contributed by atoms with Crippen molar-refractivity contribution in [2.75, 3.05) is 7.11 Å². The Morgan fingerprint density at radius 2 is 2.00 bits per heavy atom. The zero-order chi connectivity index (χ0) is 18.0. The highest BCUT2D eigenvalue weighted by Gasteiger charge is 2.21. The molecule has 0 saturated carbocycles. The number of thiazole rings is 1. The Morgan fingerprint density at radius 1 is 1.24 bits per heavy atom. The maximum atomic E-state index is 12.6. The van der Waals surface area contributed by atoms with Gasteiger partial charge in [-0.15, -0.1) is 11.3 Å². The summed E-state index contributed by atoms with van der Waals surface area (Å²) < 4.78 is 9.08. The number of ether oxygens (including phenoxy) is 2. The molecule has 3 aromatic rings. The molecule has 0 amide bonds. The smallest absolute Gasteiger partial charge is 0.393 e. The molecule has 0 aliphatic rings. The van der Waals surface area contributed by atoms with Crippen molar-refractivity contribution in [3.63, 3.8) is 0 Å². The van der Waals surface area contributed by atoms with Gasteiger partial charge in [0.1, 0.15) is 5.69 Å². The fourth-order valence-corrected chi connectivity index (χ4v) is 2.90. The first-order valence-corrected chi connectivity index (χ1v) is 7.89. The van der Waals surface area contributed by atoms with Crippen LogP contribution in [0, 0.1) is 10.8 Å². The highest BCUT2D eigenvalue weighted by atomic mass is 32.1. The summed E-state index contributed by atoms with van der Waals surface area (Å²) in [6.45, 7) is 0. The zero-order valence-corrected chi connectivity index (χ0v) is 13.8. The Balaban J connectivity index is 1.81. The van der Waals surface area contributed by atoms with Crippen molar-refractivity contribution in [3.8, 4) is 0 Å². The van der Waals surface area contributed by atoms with Crippen molar-refractivity contribution in [2.45, 2.75) is 0 Å². The summed E-state index contributed by atoms with van der Waals surface area (Å²) in [5.41, 5.74) is 1.37. The standard InChI is InChI=1S/C16H12N4O4S/c1-23-16(22)14(18)24-13(17)11-7-25-15(20-11)12(21)9-6-19-10-5-3-2-4-8(9)10/h2-7,17-19H,1H3. The molecule has 0 aliphatic heterocycles. The lowest BCUT2D eigenvalue weighted by Gasteiger charge is -2.03. The third-order valence-electron chi connectivity index (χ3n) is 3.34. The summed E-state index contributed by atoms with van der Waals surface area (Å²) in [5, 5.41) is 17.5. The van der Waals surface area contributed by atoms with E-state index in [2.05, 4.69) is 14.7 Å². The van der Waals surface area contributed by atoms with Crippen LogP contribution in [-0.2, 0) is 14.3 Å². The van der Waals surface area contributed by atoms with Crippen LogP contribution in [0.5, 0.6) is 0 Å². The Kier molecular flexibility index (Phi) is 4.40. The molecule has 0 spiro atoms. The number of para-hydroxylation sites is 1. The molecule has 2 aromatic heterocycles. The minimum absolute atomic E-state index is 0.0573. The van der Waals surface area contributed by atoms with Crippen LogP contribution in [0.1, 0.15) is 21.1 Å². The van der Waals surface area contributed by atoms with Crippen LogP contribution in [0.2, 0.25) is 0 Å². The predicted molar refractivity (Wildman–Crippen MR) is 91.5 cm³/mol. The number of nitrogens with one attached hydrogen (secondary N) is 3. The Labute approximate surface area is 145 Å². The van der Waals surface area contributed by atoms with Gasteiger partial charge in [-0.05, 0) is 6.07 Å². The minimum Gasteiger partial charge on any atom is -0.462 e. The lowest BCUT2D eigenvalue weighted by molar-refractivity contribution is -0.134. The Bertz CT molecular complexity index is 1000. The number of nitrogens with zero attached hydrogens (tertiary/aromatic N) is 1. The number of esters is 1. The zero-order valence-electron chi connectivity index (χ0n) is 13.0. The SMILES string of the molecule is COC(=O)C(=N)OC(=N)c1csc(C(=O)c2c[nH]c3ccccc23)n1. The van der Waals surface area contributed by atoms with E-state index in [1.807, 2.05) is 24.3 Å². The molecule has 2 heterocycles. The van der Waals surface area contributed by atoms with Crippen LogP contribution < -0.4 is 0 Å². The second-order valence-electron chi connectivity index (χ2n) is 4.87. The van der Waals surface area contributed by atoms with E-state index in [4.69, 9.17) is 15.6 Å². The molecule has 8 nitrogen and oxygen atoms in total. The molecule has 0 aliphatic carbocycles. The van der Waals surface area contributed by atoms with E-state index in [0.717, 1.165) is 29.3 Å². The lowest BCUT2D eigenvalue weighted by atomic mass is 10.1. The summed E-state index contributed by atoms with van der Waals surface area (Å²) in [6.07, 6.45) is 1.61. The molecule has 0 unspecified atom stereocenters. The van der Waals surface area contributed by atoms with Gasteiger partial charge in [-0.1, -0.05) is 18.2 Å². The molecule has 126 valence electrons. The van der Waals surface area contributed by atoms with Crippen LogP contribution in [0.4, 0.5) is 0 Å². The molecule has 25 heavy (non-hydrogen) atoms. The van der Waals surface area contributed by atoms with Gasteiger partial charge in [0.2, 0.25) is 11.7 Å². The molecular formula is C16H12N4O4S. The third kappa shape index (κ3) is 3.17. The summed E-state index contributed by atoms with van der Waals surface area (Å²) >= 11 is 1.05. The molecule has 3 rings (SSSR count). The van der Waals surface area contributed by atoms with E-state index in [-0.39, 0.29) is 16.5 Å². The summed E-state index contributed by atoms with van der Waals surface area (Å²) in [7, 11) is 1.10. The second kappa shape index (κ2) is 6.65. The number of fused-ring (bicyclic) bond motifs is 1. The van der Waals surface area contributed by atoms with Crippen LogP contribution >= 0.6 is 11.3 Å². The van der Waals surface area contributed by atoms with Gasteiger partial charge in [-0.2, -0.15) is 0 Å². The molecule has 3 N–H and O–H groups in total. The highest BCUT2D eigenvalue weighted by Crippen LogP contribution is 2.22. The van der Waals surface area contributed by atoms with Crippen molar-refractivity contribution < 1.29 is 19.1 Å². The van der Waals surface area contributed by atoms with Gasteiger partial charge in [0.25, 0.3) is 0 Å². The number of aromatic amines is 1. The van der Waals surface area contributed by atoms with Crippen LogP contribution in [0.3, 0.4) is 0 Å². The maximum absolute atomic E-state index is 12.6. The first kappa shape index (κ1) is 16.5. The van der Waals surface area contributed by atoms with E-state index < -0.39 is 17.8 Å². The summed E-state index contributed by atoms with van der Waals surface area (Å²) in [5.74, 6) is -2.63. The van der Waals surface area contributed by atoms with Crippen molar-refractivity contribution in [2.24, 2.45) is 0 Å². The van der Waals surface area contributed by atoms with Gasteiger partial charge in [0.05, 0.1) is 12.7 Å². The number of rotatable bonds is 3. The number of hydrogen-bond donors (Lipinski definition) is 3. The number of hydrogen-bond acceptors (Lipinski definition) is 8. The summed E-state index contributed by atoms with van der Waals surface area (Å²) in [4.78, 5) is 30.9. The van der Waals surface area contributed by atoms with E-state index in [0.29, 0.717) is 5.56 Å². The molecule has 0 bridgehead atoms. The number of H-pyrrole nitrogens is 1. The van der Waals surface area contributed by atoms with E-state index >= 15 is 0 Å². The van der Waals surface area contributed by atoms with Crippen molar-refractivity contribution in [3.05, 3.63) is 52.1 Å². The largest absolute Gasteiger partial charge is 0.462 e. The fourth-order valence-electron chi connectivity index (χ4n) is 2.15. The average molecular weight is 356 g/mol. The van der Waals surface area contributed by atoms with Gasteiger partial charge in [0.15, 0.2) is 5.01 Å². The van der Waals surface area contributed by atoms with E-state index in [1.54, 1.807) is 6.20 Å². The summed E-state index contributed by atoms with van der Waals surface area (Å²) in [6, 6.07) is 7.39. The van der Waals surface area contributed by atoms with Crippen molar-refractivity contribution >= 4 is 45.8 Å². The fraction of sp³-hybridized carbons (Fsp3) is 0.0625. The molecule has 0 radical (unpaired) electrons. The van der Waals surface area contributed by atoms with Crippen LogP contribution in [-0.4, -0.2) is 40.6 Å². The number of benzene rings is 1. The number of aromatic nitrogens is 2. The van der Waals surface area contributed by atoms with Gasteiger partial charge in [-0.25, -0.2) is 9.78 Å². The first-order chi connectivity index (χ1) is 12.0. The van der Waals surface area contributed by atoms with Crippen LogP contribution in [0.15, 0.2) is 35.8 Å². The van der Waals surface area contributed by atoms with Gasteiger partial charge >= 0.3 is 11.9 Å². The normalized spacial score (nSPS) is 10.4. The van der Waals surface area contributed by atoms with Gasteiger partial charge in [0, 0.05) is 22.5 Å². The minimum atomic E-state index is -1.00. The van der Waals surface area contributed by atoms with Gasteiger partial charge in [-0.3, -0.25) is 15.6 Å². The number of methoxy groups -OCH3 is 1. The quantitative estimate of drug-likeness (QED) is 0.287. The van der Waals surface area contributed by atoms with Crippen LogP contribution in [0.25, 0.3) is 10.9 Å². The van der Waals surface area contributed by atoms with Gasteiger partial charge < -0.3 is 14.5 Å². The Morgan fingerprint density at radius 3 is 2.76 bits per heavy atom. The monoisotopic (exact) mass is 356 g/mol. The molecular weight excluding hydrogens is 344 g/mol. The molecule has 0 fully saturated rings. The second-order valence-corrected chi connectivity index (χ2v) is 5.72. The maximum Gasteiger partial charge on any atom is 0.393 e. The van der Waals surface area contributed by atoms with E-state index in [1.165, 1.54) is 5.38 Å². The lowest BCUT2D eigenvalue weighted by Crippen LogP contribution is -2.22. The average Bonchev–Trinajstić information content (AvgIpc) is 3.27. The topological polar surface area (TPSA) is 129 Å². The van der Waals surface area contributed by atoms with Crippen molar-refractivity contribution in [1.82, 2.24) is 9.97 Å². The van der Waals surface area contributed by atoms with E-state index in [9.17, 15) is 9.59 Å². The third-order valence-corrected chi connectivity index (χ3v) is 4.18. The first-order valence-electron chi connectivity index (χ1n) is 7.01. The van der Waals surface area contributed by atoms with Crippen molar-refractivity contribution in [1.29, 1.82) is 10.8 Å². The molecule has 0 atom stereocenters. The molecule has 0 saturated heterocycles. The highest BCUT2D eigenvalue weighted by molar-refractivity contribution is 7.12.